The molecule has 1 unspecified atom stereocenters. The number of rotatable bonds is 6. The maximum Gasteiger partial charge on any atom is 0.251 e. The molecule has 2 heterocycles. The topological polar surface area (TPSA) is 80.1 Å². The van der Waals surface area contributed by atoms with Crippen LogP contribution in [0.15, 0.2) is 59.8 Å². The molecule has 0 aliphatic carbocycles. The van der Waals surface area contributed by atoms with Crippen molar-refractivity contribution in [3.8, 4) is 0 Å². The minimum atomic E-state index is -0.311. The highest BCUT2D eigenvalue weighted by atomic mass is 32.2. The third-order valence-corrected chi connectivity index (χ3v) is 6.45. The van der Waals surface area contributed by atoms with Crippen LogP contribution in [0.4, 0.5) is 0 Å². The standard InChI is InChI=1S/C23H25N5O2S/c1-16(24-22(30)18-9-4-3-5-10-18)21-25-26-23(27(21)2)31-15-20(29)28-13-12-17-8-6-7-11-19(17)14-28/h3-11,16H,12-15H2,1-2H3,(H,24,30). The summed E-state index contributed by atoms with van der Waals surface area (Å²) in [7, 11) is 1.85. The zero-order chi connectivity index (χ0) is 21.8. The van der Waals surface area contributed by atoms with Gasteiger partial charge in [0.25, 0.3) is 5.91 Å². The van der Waals surface area contributed by atoms with Crippen LogP contribution in [-0.2, 0) is 24.8 Å². The van der Waals surface area contributed by atoms with Gasteiger partial charge in [0.15, 0.2) is 11.0 Å². The van der Waals surface area contributed by atoms with Crippen molar-refractivity contribution in [2.75, 3.05) is 12.3 Å². The molecule has 0 bridgehead atoms. The van der Waals surface area contributed by atoms with Gasteiger partial charge in [0.1, 0.15) is 0 Å². The van der Waals surface area contributed by atoms with Crippen molar-refractivity contribution >= 4 is 23.6 Å². The minimum Gasteiger partial charge on any atom is -0.342 e. The summed E-state index contributed by atoms with van der Waals surface area (Å²) >= 11 is 1.37. The van der Waals surface area contributed by atoms with E-state index in [2.05, 4.69) is 27.6 Å². The minimum absolute atomic E-state index is 0.0921. The summed E-state index contributed by atoms with van der Waals surface area (Å²) in [5, 5.41) is 12.1. The van der Waals surface area contributed by atoms with Gasteiger partial charge >= 0.3 is 0 Å². The Labute approximate surface area is 185 Å². The molecular formula is C23H25N5O2S. The summed E-state index contributed by atoms with van der Waals surface area (Å²) in [4.78, 5) is 27.0. The van der Waals surface area contributed by atoms with Crippen LogP contribution in [0.5, 0.6) is 0 Å². The van der Waals surface area contributed by atoms with E-state index < -0.39 is 0 Å². The van der Waals surface area contributed by atoms with Crippen molar-refractivity contribution in [2.45, 2.75) is 31.1 Å². The van der Waals surface area contributed by atoms with Crippen molar-refractivity contribution in [2.24, 2.45) is 7.05 Å². The van der Waals surface area contributed by atoms with Crippen LogP contribution in [0, 0.1) is 0 Å². The Bertz CT molecular complexity index is 1080. The van der Waals surface area contributed by atoms with E-state index in [4.69, 9.17) is 0 Å². The van der Waals surface area contributed by atoms with Gasteiger partial charge in [-0.1, -0.05) is 54.2 Å². The third-order valence-electron chi connectivity index (χ3n) is 5.45. The molecule has 3 aromatic rings. The molecule has 0 radical (unpaired) electrons. The average Bonchev–Trinajstić information content (AvgIpc) is 3.18. The fourth-order valence-electron chi connectivity index (χ4n) is 3.69. The van der Waals surface area contributed by atoms with E-state index in [1.807, 2.05) is 53.8 Å². The number of amides is 2. The number of benzene rings is 2. The van der Waals surface area contributed by atoms with Crippen LogP contribution in [0.3, 0.4) is 0 Å². The lowest BCUT2D eigenvalue weighted by Crippen LogP contribution is -2.37. The fraction of sp³-hybridized carbons (Fsp3) is 0.304. The molecule has 2 amide bonds. The molecule has 31 heavy (non-hydrogen) atoms. The lowest BCUT2D eigenvalue weighted by atomic mass is 10.00. The molecule has 0 fully saturated rings. The summed E-state index contributed by atoms with van der Waals surface area (Å²) in [6, 6.07) is 17.0. The van der Waals surface area contributed by atoms with Gasteiger partial charge in [-0.25, -0.2) is 0 Å². The van der Waals surface area contributed by atoms with Crippen molar-refractivity contribution in [3.63, 3.8) is 0 Å². The number of aromatic nitrogens is 3. The Morgan fingerprint density at radius 1 is 1.06 bits per heavy atom. The first-order chi connectivity index (χ1) is 15.0. The highest BCUT2D eigenvalue weighted by molar-refractivity contribution is 7.99. The SMILES string of the molecule is CC(NC(=O)c1ccccc1)c1nnc(SCC(=O)N2CCc3ccccc3C2)n1C. The quantitative estimate of drug-likeness (QED) is 0.602. The molecule has 1 aliphatic rings. The van der Waals surface area contributed by atoms with Crippen LogP contribution in [0.1, 0.15) is 40.3 Å². The summed E-state index contributed by atoms with van der Waals surface area (Å²) in [6.07, 6.45) is 0.888. The van der Waals surface area contributed by atoms with Crippen LogP contribution in [0.2, 0.25) is 0 Å². The van der Waals surface area contributed by atoms with E-state index in [9.17, 15) is 9.59 Å². The van der Waals surface area contributed by atoms with Crippen molar-refractivity contribution in [1.29, 1.82) is 0 Å². The van der Waals surface area contributed by atoms with Gasteiger partial charge in [0.05, 0.1) is 11.8 Å². The van der Waals surface area contributed by atoms with Crippen molar-refractivity contribution < 1.29 is 9.59 Å². The molecule has 2 aromatic carbocycles. The summed E-state index contributed by atoms with van der Waals surface area (Å²) in [5.41, 5.74) is 3.14. The van der Waals surface area contributed by atoms with Crippen LogP contribution in [-0.4, -0.2) is 43.8 Å². The molecule has 4 rings (SSSR count). The van der Waals surface area contributed by atoms with Gasteiger partial charge in [0.2, 0.25) is 5.91 Å². The zero-order valence-electron chi connectivity index (χ0n) is 17.6. The van der Waals surface area contributed by atoms with Gasteiger partial charge < -0.3 is 14.8 Å². The van der Waals surface area contributed by atoms with E-state index in [0.29, 0.717) is 28.8 Å². The molecule has 0 spiro atoms. The molecule has 8 heteroatoms. The van der Waals surface area contributed by atoms with Gasteiger partial charge in [-0.3, -0.25) is 9.59 Å². The molecule has 1 aromatic heterocycles. The highest BCUT2D eigenvalue weighted by Crippen LogP contribution is 2.22. The van der Waals surface area contributed by atoms with Gasteiger partial charge in [-0.15, -0.1) is 10.2 Å². The predicted octanol–water partition coefficient (Wildman–Crippen LogP) is 2.98. The predicted molar refractivity (Wildman–Crippen MR) is 120 cm³/mol. The average molecular weight is 436 g/mol. The first-order valence-corrected chi connectivity index (χ1v) is 11.2. The first-order valence-electron chi connectivity index (χ1n) is 10.3. The molecule has 0 saturated carbocycles. The largest absolute Gasteiger partial charge is 0.342 e. The Kier molecular flexibility index (Phi) is 6.36. The van der Waals surface area contributed by atoms with Crippen LogP contribution in [0.25, 0.3) is 0 Å². The maximum absolute atomic E-state index is 12.7. The van der Waals surface area contributed by atoms with Crippen molar-refractivity contribution in [1.82, 2.24) is 25.0 Å². The summed E-state index contributed by atoms with van der Waals surface area (Å²) < 4.78 is 1.83. The maximum atomic E-state index is 12.7. The molecule has 1 atom stereocenters. The molecule has 0 saturated heterocycles. The van der Waals surface area contributed by atoms with Gasteiger partial charge in [0, 0.05) is 25.7 Å². The first kappa shape index (κ1) is 21.1. The number of carbonyl (C=O) groups excluding carboxylic acids is 2. The second-order valence-corrected chi connectivity index (χ2v) is 8.53. The lowest BCUT2D eigenvalue weighted by Gasteiger charge is -2.28. The Balaban J connectivity index is 1.34. The fourth-order valence-corrected chi connectivity index (χ4v) is 4.51. The second kappa shape index (κ2) is 9.34. The van der Waals surface area contributed by atoms with Crippen LogP contribution < -0.4 is 5.32 Å². The number of thioether (sulfide) groups is 1. The normalized spacial score (nSPS) is 14.1. The molecule has 1 N–H and O–H groups in total. The Morgan fingerprint density at radius 2 is 1.77 bits per heavy atom. The molecule has 7 nitrogen and oxygen atoms in total. The molecule has 160 valence electrons. The summed E-state index contributed by atoms with van der Waals surface area (Å²) in [5.74, 6) is 0.880. The van der Waals surface area contributed by atoms with Crippen LogP contribution >= 0.6 is 11.8 Å². The third kappa shape index (κ3) is 4.80. The number of hydrogen-bond donors (Lipinski definition) is 1. The lowest BCUT2D eigenvalue weighted by molar-refractivity contribution is -0.129. The number of nitrogens with one attached hydrogen (secondary N) is 1. The number of carbonyl (C=O) groups is 2. The van der Waals surface area contributed by atoms with Gasteiger partial charge in [-0.05, 0) is 36.6 Å². The Hall–Kier alpha value is -3.13. The van der Waals surface area contributed by atoms with Crippen molar-refractivity contribution in [3.05, 3.63) is 77.1 Å². The van der Waals surface area contributed by atoms with E-state index in [-0.39, 0.29) is 17.9 Å². The number of fused-ring (bicyclic) bond motifs is 1. The van der Waals surface area contributed by atoms with E-state index in [1.54, 1.807) is 12.1 Å². The number of nitrogens with zero attached hydrogens (tertiary/aromatic N) is 4. The molecular weight excluding hydrogens is 410 g/mol. The Morgan fingerprint density at radius 3 is 2.55 bits per heavy atom. The second-order valence-electron chi connectivity index (χ2n) is 7.58. The number of hydrogen-bond acceptors (Lipinski definition) is 5. The van der Waals surface area contributed by atoms with E-state index in [1.165, 1.54) is 22.9 Å². The zero-order valence-corrected chi connectivity index (χ0v) is 18.4. The smallest absolute Gasteiger partial charge is 0.251 e. The van der Waals surface area contributed by atoms with E-state index in [0.717, 1.165) is 13.0 Å². The van der Waals surface area contributed by atoms with E-state index >= 15 is 0 Å². The summed E-state index contributed by atoms with van der Waals surface area (Å²) in [6.45, 7) is 3.26. The van der Waals surface area contributed by atoms with Gasteiger partial charge in [-0.2, -0.15) is 0 Å². The monoisotopic (exact) mass is 435 g/mol. The highest BCUT2D eigenvalue weighted by Gasteiger charge is 2.22. The molecule has 1 aliphatic heterocycles.